The lowest BCUT2D eigenvalue weighted by Gasteiger charge is -2.31. The Balaban J connectivity index is 1.62. The van der Waals surface area contributed by atoms with Crippen LogP contribution in [-0.2, 0) is 0 Å². The molecule has 122 valence electrons. The highest BCUT2D eigenvalue weighted by molar-refractivity contribution is 5.73. The smallest absolute Gasteiger partial charge is 0.317 e. The number of hydrogen-bond donors (Lipinski definition) is 2. The molecule has 0 aromatic carbocycles. The van der Waals surface area contributed by atoms with Crippen LogP contribution in [0.1, 0.15) is 39.0 Å². The number of hydrogen-bond acceptors (Lipinski definition) is 3. The van der Waals surface area contributed by atoms with E-state index in [0.29, 0.717) is 13.1 Å². The van der Waals surface area contributed by atoms with E-state index in [9.17, 15) is 9.90 Å². The van der Waals surface area contributed by atoms with E-state index in [1.807, 2.05) is 7.05 Å². The Labute approximate surface area is 128 Å². The van der Waals surface area contributed by atoms with Crippen LogP contribution in [0.25, 0.3) is 0 Å². The number of urea groups is 1. The summed E-state index contributed by atoms with van der Waals surface area (Å²) >= 11 is 0. The van der Waals surface area contributed by atoms with Gasteiger partial charge in [0.25, 0.3) is 0 Å². The summed E-state index contributed by atoms with van der Waals surface area (Å²) in [5.74, 6) is 1.03. The predicted octanol–water partition coefficient (Wildman–Crippen LogP) is 1.52. The second-order valence-electron chi connectivity index (χ2n) is 6.92. The molecule has 2 fully saturated rings. The van der Waals surface area contributed by atoms with Crippen LogP contribution in [0.4, 0.5) is 4.79 Å². The first kappa shape index (κ1) is 16.6. The fraction of sp³-hybridized carbons (Fsp3) is 0.938. The van der Waals surface area contributed by atoms with E-state index < -0.39 is 0 Å². The van der Waals surface area contributed by atoms with Gasteiger partial charge < -0.3 is 20.2 Å². The van der Waals surface area contributed by atoms with Crippen LogP contribution in [0.5, 0.6) is 0 Å². The van der Waals surface area contributed by atoms with E-state index in [1.165, 1.54) is 12.8 Å². The number of amides is 2. The van der Waals surface area contributed by atoms with Crippen LogP contribution < -0.4 is 5.32 Å². The predicted molar refractivity (Wildman–Crippen MR) is 84.2 cm³/mol. The lowest BCUT2D eigenvalue weighted by atomic mass is 10.0. The maximum absolute atomic E-state index is 12.1. The molecule has 2 aliphatic rings. The number of aliphatic hydroxyl groups is 1. The lowest BCUT2D eigenvalue weighted by Crippen LogP contribution is -2.45. The molecule has 1 aliphatic carbocycles. The quantitative estimate of drug-likeness (QED) is 0.809. The number of rotatable bonds is 5. The van der Waals surface area contributed by atoms with E-state index in [4.69, 9.17) is 0 Å². The maximum Gasteiger partial charge on any atom is 0.317 e. The van der Waals surface area contributed by atoms with Crippen molar-refractivity contribution in [2.24, 2.45) is 11.8 Å². The van der Waals surface area contributed by atoms with Crippen LogP contribution in [0.2, 0.25) is 0 Å². The van der Waals surface area contributed by atoms with E-state index in [1.54, 1.807) is 4.90 Å². The van der Waals surface area contributed by atoms with Gasteiger partial charge in [0.05, 0.1) is 6.10 Å². The third-order valence-electron chi connectivity index (χ3n) is 4.92. The number of aliphatic hydroxyl groups excluding tert-OH is 1. The van der Waals surface area contributed by atoms with E-state index in [2.05, 4.69) is 17.1 Å². The van der Waals surface area contributed by atoms with Crippen LogP contribution >= 0.6 is 0 Å². The van der Waals surface area contributed by atoms with Gasteiger partial charge >= 0.3 is 6.03 Å². The zero-order valence-corrected chi connectivity index (χ0v) is 13.6. The third kappa shape index (κ3) is 5.15. The molecule has 21 heavy (non-hydrogen) atoms. The van der Waals surface area contributed by atoms with E-state index in [0.717, 1.165) is 44.8 Å². The van der Waals surface area contributed by atoms with Crippen molar-refractivity contribution in [3.63, 3.8) is 0 Å². The summed E-state index contributed by atoms with van der Waals surface area (Å²) in [6, 6.07) is -0.0147. The van der Waals surface area contributed by atoms with Crippen molar-refractivity contribution in [2.45, 2.75) is 45.1 Å². The maximum atomic E-state index is 12.1. The van der Waals surface area contributed by atoms with Gasteiger partial charge in [0.15, 0.2) is 0 Å². The van der Waals surface area contributed by atoms with Crippen LogP contribution in [0.3, 0.4) is 0 Å². The zero-order chi connectivity index (χ0) is 15.2. The molecule has 2 N–H and O–H groups in total. The SMILES string of the molecule is CC1CCCN(CCNC(=O)N(C)CC2CCCC2O)C1. The molecular weight excluding hydrogens is 266 g/mol. The van der Waals surface area contributed by atoms with Gasteiger partial charge in [-0.2, -0.15) is 0 Å². The van der Waals surface area contributed by atoms with Gasteiger partial charge in [-0.15, -0.1) is 0 Å². The second-order valence-corrected chi connectivity index (χ2v) is 6.92. The molecule has 1 saturated carbocycles. The molecule has 3 atom stereocenters. The third-order valence-corrected chi connectivity index (χ3v) is 4.92. The number of carbonyl (C=O) groups is 1. The summed E-state index contributed by atoms with van der Waals surface area (Å²) in [4.78, 5) is 16.2. The van der Waals surface area contributed by atoms with Crippen molar-refractivity contribution in [1.29, 1.82) is 0 Å². The Morgan fingerprint density at radius 2 is 2.14 bits per heavy atom. The lowest BCUT2D eigenvalue weighted by molar-refractivity contribution is 0.113. The topological polar surface area (TPSA) is 55.8 Å². The number of likely N-dealkylation sites (tertiary alicyclic amines) is 1. The minimum absolute atomic E-state index is 0.0147. The second kappa shape index (κ2) is 7.99. The summed E-state index contributed by atoms with van der Waals surface area (Å²) in [6.45, 7) is 6.92. The van der Waals surface area contributed by atoms with Gasteiger partial charge in [-0.25, -0.2) is 4.79 Å². The summed E-state index contributed by atoms with van der Waals surface area (Å²) in [5, 5.41) is 12.8. The van der Waals surface area contributed by atoms with E-state index >= 15 is 0 Å². The monoisotopic (exact) mass is 297 g/mol. The van der Waals surface area contributed by atoms with Gasteiger partial charge in [-0.1, -0.05) is 13.3 Å². The standard InChI is InChI=1S/C16H31N3O2/c1-13-5-4-9-19(11-13)10-8-17-16(21)18(2)12-14-6-3-7-15(14)20/h13-15,20H,3-12H2,1-2H3,(H,17,21). The van der Waals surface area contributed by atoms with Crippen molar-refractivity contribution in [1.82, 2.24) is 15.1 Å². The minimum Gasteiger partial charge on any atom is -0.393 e. The van der Waals surface area contributed by atoms with E-state index in [-0.39, 0.29) is 18.1 Å². The number of nitrogens with one attached hydrogen (secondary N) is 1. The molecule has 0 aromatic rings. The molecule has 5 heteroatoms. The van der Waals surface area contributed by atoms with Crippen LogP contribution in [-0.4, -0.2) is 66.8 Å². The zero-order valence-electron chi connectivity index (χ0n) is 13.6. The first-order chi connectivity index (χ1) is 10.1. The van der Waals surface area contributed by atoms with Crippen molar-refractivity contribution in [3.8, 4) is 0 Å². The highest BCUT2D eigenvalue weighted by Crippen LogP contribution is 2.25. The first-order valence-electron chi connectivity index (χ1n) is 8.45. The molecule has 2 amide bonds. The largest absolute Gasteiger partial charge is 0.393 e. The Morgan fingerprint density at radius 1 is 1.33 bits per heavy atom. The molecule has 0 radical (unpaired) electrons. The Morgan fingerprint density at radius 3 is 2.81 bits per heavy atom. The van der Waals surface area contributed by atoms with Crippen LogP contribution in [0.15, 0.2) is 0 Å². The summed E-state index contributed by atoms with van der Waals surface area (Å²) in [5.41, 5.74) is 0. The number of piperidine rings is 1. The fourth-order valence-corrected chi connectivity index (χ4v) is 3.61. The first-order valence-corrected chi connectivity index (χ1v) is 8.45. The molecule has 2 rings (SSSR count). The van der Waals surface area contributed by atoms with Gasteiger partial charge in [-0.3, -0.25) is 0 Å². The highest BCUT2D eigenvalue weighted by Gasteiger charge is 2.27. The Kier molecular flexibility index (Phi) is 6.30. The fourth-order valence-electron chi connectivity index (χ4n) is 3.61. The highest BCUT2D eigenvalue weighted by atomic mass is 16.3. The molecule has 5 nitrogen and oxygen atoms in total. The summed E-state index contributed by atoms with van der Waals surface area (Å²) in [6.07, 6.45) is 5.37. The van der Waals surface area contributed by atoms with Gasteiger partial charge in [0, 0.05) is 39.1 Å². The number of carbonyl (C=O) groups excluding carboxylic acids is 1. The molecule has 1 saturated heterocycles. The molecule has 3 unspecified atom stereocenters. The van der Waals surface area contributed by atoms with Crippen molar-refractivity contribution < 1.29 is 9.90 Å². The van der Waals surface area contributed by atoms with Crippen molar-refractivity contribution in [2.75, 3.05) is 39.8 Å². The van der Waals surface area contributed by atoms with Crippen LogP contribution in [0, 0.1) is 11.8 Å². The minimum atomic E-state index is -0.227. The number of nitrogens with zero attached hydrogens (tertiary/aromatic N) is 2. The average Bonchev–Trinajstić information content (AvgIpc) is 2.84. The van der Waals surface area contributed by atoms with Gasteiger partial charge in [0.2, 0.25) is 0 Å². The molecule has 1 aliphatic heterocycles. The summed E-state index contributed by atoms with van der Waals surface area (Å²) < 4.78 is 0. The summed E-state index contributed by atoms with van der Waals surface area (Å²) in [7, 11) is 1.82. The van der Waals surface area contributed by atoms with Crippen molar-refractivity contribution >= 4 is 6.03 Å². The average molecular weight is 297 g/mol. The van der Waals surface area contributed by atoms with Gasteiger partial charge in [-0.05, 0) is 38.1 Å². The molecule has 0 bridgehead atoms. The Hall–Kier alpha value is -0.810. The van der Waals surface area contributed by atoms with Gasteiger partial charge in [0.1, 0.15) is 0 Å². The Bertz CT molecular complexity index is 337. The molecule has 0 spiro atoms. The molecule has 1 heterocycles. The molecular formula is C16H31N3O2. The van der Waals surface area contributed by atoms with Crippen molar-refractivity contribution in [3.05, 3.63) is 0 Å². The molecule has 0 aromatic heterocycles. The normalized spacial score (nSPS) is 30.3.